The van der Waals surface area contributed by atoms with Gasteiger partial charge in [-0.25, -0.2) is 4.79 Å². The van der Waals surface area contributed by atoms with Crippen LogP contribution in [0.2, 0.25) is 0 Å². The lowest BCUT2D eigenvalue weighted by molar-refractivity contribution is -0.384. The molecule has 156 valence electrons. The highest BCUT2D eigenvalue weighted by molar-refractivity contribution is 5.89. The van der Waals surface area contributed by atoms with Gasteiger partial charge in [0.15, 0.2) is 5.79 Å². The number of nitro benzene ring substituents is 1. The van der Waals surface area contributed by atoms with Crippen LogP contribution < -0.4 is 0 Å². The van der Waals surface area contributed by atoms with Gasteiger partial charge >= 0.3 is 5.97 Å². The Bertz CT molecular complexity index is 670. The molecule has 0 radical (unpaired) electrons. The first-order chi connectivity index (χ1) is 13.1. The standard InChI is InChI=1S/C21H31NO6/c1-14(2)18(7-6-8-19-15(3)13-26-21(4,5)28-19)27-20(23)16-9-11-17(12-10-16)22(24)25/h9-12,14-15,18-19H,6-8,13H2,1-5H3/t15-,18+,19+/m0/s1. The summed E-state index contributed by atoms with van der Waals surface area (Å²) in [5.41, 5.74) is 0.268. The molecule has 3 atom stereocenters. The van der Waals surface area contributed by atoms with Crippen LogP contribution in [0.25, 0.3) is 0 Å². The number of nitro groups is 1. The molecule has 0 unspecified atom stereocenters. The first kappa shape index (κ1) is 22.3. The lowest BCUT2D eigenvalue weighted by Crippen LogP contribution is -2.44. The molecule has 0 N–H and O–H groups in total. The number of rotatable bonds is 8. The topological polar surface area (TPSA) is 87.9 Å². The fraction of sp³-hybridized carbons (Fsp3) is 0.667. The lowest BCUT2D eigenvalue weighted by atomic mass is 9.95. The van der Waals surface area contributed by atoms with E-state index in [0.717, 1.165) is 19.3 Å². The minimum Gasteiger partial charge on any atom is -0.459 e. The van der Waals surface area contributed by atoms with Crippen LogP contribution in [0, 0.1) is 22.0 Å². The van der Waals surface area contributed by atoms with Crippen molar-refractivity contribution in [1.29, 1.82) is 0 Å². The maximum atomic E-state index is 12.4. The number of carbonyl (C=O) groups excluding carboxylic acids is 1. The van der Waals surface area contributed by atoms with E-state index >= 15 is 0 Å². The highest BCUT2D eigenvalue weighted by Gasteiger charge is 2.34. The van der Waals surface area contributed by atoms with Gasteiger partial charge in [0.05, 0.1) is 23.2 Å². The van der Waals surface area contributed by atoms with Crippen LogP contribution in [0.5, 0.6) is 0 Å². The molecule has 0 aliphatic carbocycles. The van der Waals surface area contributed by atoms with Gasteiger partial charge in [0.2, 0.25) is 0 Å². The van der Waals surface area contributed by atoms with Crippen molar-refractivity contribution in [1.82, 2.24) is 0 Å². The maximum Gasteiger partial charge on any atom is 0.338 e. The van der Waals surface area contributed by atoms with Crippen LogP contribution in [-0.4, -0.2) is 35.5 Å². The monoisotopic (exact) mass is 393 g/mol. The second-order valence-corrected chi connectivity index (χ2v) is 8.27. The van der Waals surface area contributed by atoms with Crippen molar-refractivity contribution in [2.24, 2.45) is 11.8 Å². The van der Waals surface area contributed by atoms with Crippen molar-refractivity contribution in [3.63, 3.8) is 0 Å². The molecule has 7 nitrogen and oxygen atoms in total. The van der Waals surface area contributed by atoms with Crippen molar-refractivity contribution in [2.75, 3.05) is 6.61 Å². The number of ether oxygens (including phenoxy) is 3. The Kier molecular flexibility index (Phi) is 7.55. The normalized spacial score (nSPS) is 22.6. The molecule has 7 heteroatoms. The number of benzene rings is 1. The predicted molar refractivity (Wildman–Crippen MR) is 105 cm³/mol. The van der Waals surface area contributed by atoms with E-state index in [9.17, 15) is 14.9 Å². The van der Waals surface area contributed by atoms with E-state index < -0.39 is 16.7 Å². The summed E-state index contributed by atoms with van der Waals surface area (Å²) < 4.78 is 17.4. The maximum absolute atomic E-state index is 12.4. The Morgan fingerprint density at radius 1 is 1.32 bits per heavy atom. The van der Waals surface area contributed by atoms with E-state index in [2.05, 4.69) is 6.92 Å². The second kappa shape index (κ2) is 9.47. The third-order valence-corrected chi connectivity index (χ3v) is 5.06. The van der Waals surface area contributed by atoms with Crippen molar-refractivity contribution in [3.05, 3.63) is 39.9 Å². The van der Waals surface area contributed by atoms with Gasteiger partial charge in [-0.1, -0.05) is 20.8 Å². The van der Waals surface area contributed by atoms with Gasteiger partial charge in [-0.05, 0) is 51.2 Å². The van der Waals surface area contributed by atoms with Gasteiger partial charge in [0, 0.05) is 18.1 Å². The minimum atomic E-state index is -0.559. The highest BCUT2D eigenvalue weighted by atomic mass is 16.7. The average Bonchev–Trinajstić information content (AvgIpc) is 2.63. The lowest BCUT2D eigenvalue weighted by Gasteiger charge is -2.40. The smallest absolute Gasteiger partial charge is 0.338 e. The minimum absolute atomic E-state index is 0.0505. The third-order valence-electron chi connectivity index (χ3n) is 5.06. The van der Waals surface area contributed by atoms with E-state index in [-0.39, 0.29) is 23.8 Å². The SMILES string of the molecule is CC(C)[C@@H](CCC[C@H]1OC(C)(C)OC[C@@H]1C)OC(=O)c1ccc([N+](=O)[O-])cc1. The summed E-state index contributed by atoms with van der Waals surface area (Å²) in [6.45, 7) is 10.7. The molecule has 1 saturated heterocycles. The van der Waals surface area contributed by atoms with Gasteiger partial charge in [-0.2, -0.15) is 0 Å². The summed E-state index contributed by atoms with van der Waals surface area (Å²) in [7, 11) is 0. The van der Waals surface area contributed by atoms with E-state index in [1.54, 1.807) is 0 Å². The molecule has 1 fully saturated rings. The molecule has 0 amide bonds. The molecule has 0 saturated carbocycles. The van der Waals surface area contributed by atoms with E-state index in [1.165, 1.54) is 24.3 Å². The summed E-state index contributed by atoms with van der Waals surface area (Å²) in [5, 5.41) is 10.7. The van der Waals surface area contributed by atoms with Crippen molar-refractivity contribution in [3.8, 4) is 0 Å². The van der Waals surface area contributed by atoms with Crippen LogP contribution in [0.15, 0.2) is 24.3 Å². The molecule has 1 heterocycles. The van der Waals surface area contributed by atoms with Gasteiger partial charge < -0.3 is 14.2 Å². The number of hydrogen-bond donors (Lipinski definition) is 0. The van der Waals surface area contributed by atoms with Crippen LogP contribution in [0.1, 0.15) is 64.2 Å². The van der Waals surface area contributed by atoms with E-state index in [0.29, 0.717) is 18.1 Å². The van der Waals surface area contributed by atoms with Crippen molar-refractivity contribution < 1.29 is 23.9 Å². The molecule has 28 heavy (non-hydrogen) atoms. The van der Waals surface area contributed by atoms with Crippen molar-refractivity contribution in [2.45, 2.75) is 71.9 Å². The van der Waals surface area contributed by atoms with Crippen LogP contribution in [0.3, 0.4) is 0 Å². The zero-order valence-corrected chi connectivity index (χ0v) is 17.3. The molecule has 0 aromatic heterocycles. The Labute approximate surface area is 166 Å². The summed E-state index contributed by atoms with van der Waals surface area (Å²) in [5.74, 6) is -0.512. The predicted octanol–water partition coefficient (Wildman–Crippen LogP) is 4.73. The molecular weight excluding hydrogens is 362 g/mol. The quantitative estimate of drug-likeness (QED) is 0.360. The van der Waals surface area contributed by atoms with Crippen LogP contribution in [-0.2, 0) is 14.2 Å². The molecular formula is C21H31NO6. The fourth-order valence-electron chi connectivity index (χ4n) is 3.27. The van der Waals surface area contributed by atoms with Gasteiger partial charge in [0.1, 0.15) is 6.10 Å². The zero-order valence-electron chi connectivity index (χ0n) is 17.3. The van der Waals surface area contributed by atoms with E-state index in [4.69, 9.17) is 14.2 Å². The Morgan fingerprint density at radius 2 is 1.96 bits per heavy atom. The average molecular weight is 393 g/mol. The third kappa shape index (κ3) is 6.27. The van der Waals surface area contributed by atoms with E-state index in [1.807, 2.05) is 27.7 Å². The molecule has 1 aromatic carbocycles. The first-order valence-electron chi connectivity index (χ1n) is 9.86. The van der Waals surface area contributed by atoms with Crippen molar-refractivity contribution >= 4 is 11.7 Å². The number of hydrogen-bond acceptors (Lipinski definition) is 6. The van der Waals surface area contributed by atoms with Crippen LogP contribution >= 0.6 is 0 Å². The molecule has 0 spiro atoms. The summed E-state index contributed by atoms with van der Waals surface area (Å²) in [4.78, 5) is 22.6. The summed E-state index contributed by atoms with van der Waals surface area (Å²) >= 11 is 0. The number of esters is 1. The summed E-state index contributed by atoms with van der Waals surface area (Å²) in [6.07, 6.45) is 2.41. The molecule has 1 aliphatic heterocycles. The Hall–Kier alpha value is -1.99. The Balaban J connectivity index is 1.88. The second-order valence-electron chi connectivity index (χ2n) is 8.27. The zero-order chi connectivity index (χ0) is 20.9. The highest BCUT2D eigenvalue weighted by Crippen LogP contribution is 2.29. The number of non-ortho nitro benzene ring substituents is 1. The molecule has 2 rings (SSSR count). The number of nitrogens with zero attached hydrogens (tertiary/aromatic N) is 1. The molecule has 1 aromatic rings. The van der Waals surface area contributed by atoms with Crippen LogP contribution in [0.4, 0.5) is 5.69 Å². The fourth-order valence-corrected chi connectivity index (χ4v) is 3.27. The Morgan fingerprint density at radius 3 is 2.54 bits per heavy atom. The van der Waals surface area contributed by atoms with Gasteiger partial charge in [-0.3, -0.25) is 10.1 Å². The molecule has 1 aliphatic rings. The van der Waals surface area contributed by atoms with Gasteiger partial charge in [-0.15, -0.1) is 0 Å². The number of carbonyl (C=O) groups is 1. The summed E-state index contributed by atoms with van der Waals surface area (Å²) in [6, 6.07) is 5.48. The first-order valence-corrected chi connectivity index (χ1v) is 9.86. The van der Waals surface area contributed by atoms with Gasteiger partial charge in [0.25, 0.3) is 5.69 Å². The largest absolute Gasteiger partial charge is 0.459 e. The molecule has 0 bridgehead atoms.